The second kappa shape index (κ2) is 10.8. The highest BCUT2D eigenvalue weighted by Gasteiger charge is 2.28. The minimum atomic E-state index is -0.0873. The summed E-state index contributed by atoms with van der Waals surface area (Å²) < 4.78 is 0. The maximum atomic E-state index is 2.52. The van der Waals surface area contributed by atoms with Crippen LogP contribution in [-0.2, 0) is 21.7 Å². The smallest absolute Gasteiger partial charge is 0.00611 e. The SMILES string of the molecule is CC(C)(C)c1ccc2c(-c3c(C(C)(C)C)cc(-c4cccc5ccccc45)c4ccc(C(C)(C)C)cc34)cc(C(C)(C)C)cc2c1. The Morgan fingerprint density at radius 1 is 0.326 bits per heavy atom. The van der Waals surface area contributed by atoms with Crippen LogP contribution in [0.2, 0.25) is 0 Å². The van der Waals surface area contributed by atoms with E-state index in [2.05, 4.69) is 180 Å². The third-order valence-corrected chi connectivity index (χ3v) is 9.84. The third kappa shape index (κ3) is 5.77. The molecular formula is C46H52. The largest absolute Gasteiger partial charge is 0.0616 e. The topological polar surface area (TPSA) is 0 Å². The van der Waals surface area contributed by atoms with E-state index in [9.17, 15) is 0 Å². The molecule has 0 amide bonds. The predicted molar refractivity (Wildman–Crippen MR) is 205 cm³/mol. The van der Waals surface area contributed by atoms with E-state index in [4.69, 9.17) is 0 Å². The van der Waals surface area contributed by atoms with E-state index in [0.29, 0.717) is 0 Å². The highest BCUT2D eigenvalue weighted by atomic mass is 14.3. The molecule has 6 aromatic rings. The Balaban J connectivity index is 1.84. The molecule has 236 valence electrons. The lowest BCUT2D eigenvalue weighted by atomic mass is 9.74. The minimum Gasteiger partial charge on any atom is -0.0616 e. The van der Waals surface area contributed by atoms with E-state index in [1.54, 1.807) is 0 Å². The lowest BCUT2D eigenvalue weighted by Gasteiger charge is -2.30. The number of hydrogen-bond acceptors (Lipinski definition) is 0. The van der Waals surface area contributed by atoms with Crippen molar-refractivity contribution in [2.45, 2.75) is 105 Å². The van der Waals surface area contributed by atoms with Gasteiger partial charge in [-0.1, -0.05) is 162 Å². The van der Waals surface area contributed by atoms with E-state index in [1.165, 1.54) is 76.8 Å². The monoisotopic (exact) mass is 604 g/mol. The molecule has 0 fully saturated rings. The van der Waals surface area contributed by atoms with E-state index in [0.717, 1.165) is 0 Å². The van der Waals surface area contributed by atoms with Crippen molar-refractivity contribution < 1.29 is 0 Å². The Hall–Kier alpha value is -3.90. The zero-order valence-corrected chi connectivity index (χ0v) is 30.2. The quantitative estimate of drug-likeness (QED) is 0.184. The van der Waals surface area contributed by atoms with E-state index in [-0.39, 0.29) is 21.7 Å². The molecule has 46 heavy (non-hydrogen) atoms. The molecule has 0 spiro atoms. The van der Waals surface area contributed by atoms with Crippen LogP contribution in [0.1, 0.15) is 105 Å². The van der Waals surface area contributed by atoms with E-state index >= 15 is 0 Å². The van der Waals surface area contributed by atoms with Gasteiger partial charge in [0.25, 0.3) is 0 Å². The van der Waals surface area contributed by atoms with Gasteiger partial charge in [-0.25, -0.2) is 0 Å². The number of benzene rings is 6. The summed E-state index contributed by atoms with van der Waals surface area (Å²) in [7, 11) is 0. The van der Waals surface area contributed by atoms with Crippen LogP contribution < -0.4 is 0 Å². The fourth-order valence-corrected chi connectivity index (χ4v) is 6.93. The lowest BCUT2D eigenvalue weighted by molar-refractivity contribution is 0.589. The van der Waals surface area contributed by atoms with Crippen LogP contribution in [0.15, 0.2) is 97.1 Å². The average Bonchev–Trinajstić information content (AvgIpc) is 2.97. The van der Waals surface area contributed by atoms with Crippen molar-refractivity contribution in [3.8, 4) is 22.3 Å². The molecule has 0 heteroatoms. The normalized spacial score (nSPS) is 13.2. The third-order valence-electron chi connectivity index (χ3n) is 9.84. The Bertz CT molecular complexity index is 2100. The van der Waals surface area contributed by atoms with Crippen molar-refractivity contribution in [1.29, 1.82) is 0 Å². The summed E-state index contributed by atoms with van der Waals surface area (Å²) in [6.45, 7) is 28.1. The first-order chi connectivity index (χ1) is 21.3. The van der Waals surface area contributed by atoms with Gasteiger partial charge in [-0.2, -0.15) is 0 Å². The van der Waals surface area contributed by atoms with Crippen LogP contribution in [0.4, 0.5) is 0 Å². The van der Waals surface area contributed by atoms with Crippen molar-refractivity contribution in [3.63, 3.8) is 0 Å². The second-order valence-corrected chi connectivity index (χ2v) is 17.6. The van der Waals surface area contributed by atoms with Crippen molar-refractivity contribution in [2.24, 2.45) is 0 Å². The first-order valence-corrected chi connectivity index (χ1v) is 17.0. The summed E-state index contributed by atoms with van der Waals surface area (Å²) in [5, 5.41) is 7.89. The van der Waals surface area contributed by atoms with Crippen LogP contribution >= 0.6 is 0 Å². The first kappa shape index (κ1) is 32.1. The highest BCUT2D eigenvalue weighted by Crippen LogP contribution is 2.48. The molecule has 0 atom stereocenters. The van der Waals surface area contributed by atoms with E-state index < -0.39 is 0 Å². The molecule has 0 heterocycles. The Labute approximate surface area is 277 Å². The molecule has 0 N–H and O–H groups in total. The number of rotatable bonds is 2. The molecular weight excluding hydrogens is 553 g/mol. The fraction of sp³-hybridized carbons (Fsp3) is 0.348. The Kier molecular flexibility index (Phi) is 7.55. The van der Waals surface area contributed by atoms with Gasteiger partial charge in [0.1, 0.15) is 0 Å². The molecule has 0 saturated heterocycles. The molecule has 6 rings (SSSR count). The summed E-state index contributed by atoms with van der Waals surface area (Å²) in [5.41, 5.74) is 10.9. The second-order valence-electron chi connectivity index (χ2n) is 17.6. The zero-order valence-electron chi connectivity index (χ0n) is 30.2. The number of fused-ring (bicyclic) bond motifs is 3. The Morgan fingerprint density at radius 3 is 1.50 bits per heavy atom. The molecule has 0 nitrogen and oxygen atoms in total. The maximum Gasteiger partial charge on any atom is -0.00611 e. The van der Waals surface area contributed by atoms with Crippen LogP contribution in [0.5, 0.6) is 0 Å². The van der Waals surface area contributed by atoms with Gasteiger partial charge in [0.2, 0.25) is 0 Å². The molecule has 0 aliphatic heterocycles. The van der Waals surface area contributed by atoms with E-state index in [1.807, 2.05) is 0 Å². The average molecular weight is 605 g/mol. The first-order valence-electron chi connectivity index (χ1n) is 17.0. The summed E-state index contributed by atoms with van der Waals surface area (Å²) in [6, 6.07) is 37.5. The molecule has 6 aromatic carbocycles. The fourth-order valence-electron chi connectivity index (χ4n) is 6.93. The molecule has 0 aliphatic rings. The summed E-state index contributed by atoms with van der Waals surface area (Å²) in [6.07, 6.45) is 0. The molecule has 0 aromatic heterocycles. The summed E-state index contributed by atoms with van der Waals surface area (Å²) in [4.78, 5) is 0. The van der Waals surface area contributed by atoms with Crippen LogP contribution in [0, 0.1) is 0 Å². The van der Waals surface area contributed by atoms with Gasteiger partial charge in [0.05, 0.1) is 0 Å². The molecule has 0 aliphatic carbocycles. The molecule has 0 unspecified atom stereocenters. The maximum absolute atomic E-state index is 2.52. The highest BCUT2D eigenvalue weighted by molar-refractivity contribution is 6.14. The van der Waals surface area contributed by atoms with Crippen molar-refractivity contribution >= 4 is 32.3 Å². The predicted octanol–water partition coefficient (Wildman–Crippen LogP) is 13.7. The van der Waals surface area contributed by atoms with Gasteiger partial charge in [-0.15, -0.1) is 0 Å². The van der Waals surface area contributed by atoms with Gasteiger partial charge in [-0.3, -0.25) is 0 Å². The van der Waals surface area contributed by atoms with Gasteiger partial charge < -0.3 is 0 Å². The number of hydrogen-bond donors (Lipinski definition) is 0. The van der Waals surface area contributed by atoms with Gasteiger partial charge in [-0.05, 0) is 117 Å². The van der Waals surface area contributed by atoms with Crippen LogP contribution in [0.3, 0.4) is 0 Å². The summed E-state index contributed by atoms with van der Waals surface area (Å²) >= 11 is 0. The van der Waals surface area contributed by atoms with Crippen molar-refractivity contribution in [3.05, 3.63) is 119 Å². The van der Waals surface area contributed by atoms with Crippen LogP contribution in [-0.4, -0.2) is 0 Å². The Morgan fingerprint density at radius 2 is 0.870 bits per heavy atom. The molecule has 0 bridgehead atoms. The summed E-state index contributed by atoms with van der Waals surface area (Å²) in [5.74, 6) is 0. The molecule has 0 radical (unpaired) electrons. The van der Waals surface area contributed by atoms with Gasteiger partial charge in [0.15, 0.2) is 0 Å². The zero-order chi connectivity index (χ0) is 33.4. The van der Waals surface area contributed by atoms with Gasteiger partial charge in [0, 0.05) is 0 Å². The minimum absolute atomic E-state index is 0.0117. The standard InChI is InChI=1S/C46H52/c1-43(2,3)31-20-22-35-30(24-31)25-33(45(7,8)9)27-39(35)42-40-26-32(44(4,5)6)21-23-37(40)38(28-41(42)46(10,11)12)36-19-15-17-29-16-13-14-18-34(29)36/h13-28H,1-12H3. The molecule has 0 saturated carbocycles. The van der Waals surface area contributed by atoms with Crippen molar-refractivity contribution in [2.75, 3.05) is 0 Å². The van der Waals surface area contributed by atoms with Gasteiger partial charge >= 0.3 is 0 Å². The van der Waals surface area contributed by atoms with Crippen molar-refractivity contribution in [1.82, 2.24) is 0 Å². The lowest BCUT2D eigenvalue weighted by Crippen LogP contribution is -2.16. The van der Waals surface area contributed by atoms with Crippen LogP contribution in [0.25, 0.3) is 54.6 Å².